The number of thioether (sulfide) groups is 1. The molecule has 4 aromatic rings. The molecule has 172 valence electrons. The molecule has 5 rings (SSSR count). The Balaban J connectivity index is 1.36. The number of anilines is 1. The number of rotatable bonds is 6. The summed E-state index contributed by atoms with van der Waals surface area (Å²) in [5.41, 5.74) is 1.23. The van der Waals surface area contributed by atoms with E-state index >= 15 is 0 Å². The molecule has 0 radical (unpaired) electrons. The van der Waals surface area contributed by atoms with E-state index in [0.29, 0.717) is 44.5 Å². The van der Waals surface area contributed by atoms with Crippen molar-refractivity contribution in [3.63, 3.8) is 0 Å². The maximum Gasteiger partial charge on any atom is 0.262 e. The van der Waals surface area contributed by atoms with Crippen LogP contribution < -0.4 is 20.3 Å². The fourth-order valence-electron chi connectivity index (χ4n) is 3.42. The molecule has 0 saturated heterocycles. The van der Waals surface area contributed by atoms with Gasteiger partial charge in [0.2, 0.25) is 12.7 Å². The summed E-state index contributed by atoms with van der Waals surface area (Å²) in [7, 11) is 0. The number of carbonyl (C=O) groups is 2. The van der Waals surface area contributed by atoms with E-state index in [1.165, 1.54) is 23.9 Å². The number of benzene rings is 2. The third kappa shape index (κ3) is 4.22. The first kappa shape index (κ1) is 22.0. The normalized spacial score (nSPS) is 12.2. The van der Waals surface area contributed by atoms with E-state index in [1.807, 2.05) is 0 Å². The molecule has 0 spiro atoms. The van der Waals surface area contributed by atoms with Crippen molar-refractivity contribution in [3.05, 3.63) is 63.5 Å². The second-order valence-electron chi connectivity index (χ2n) is 7.29. The Bertz CT molecular complexity index is 1520. The Morgan fingerprint density at radius 2 is 2.03 bits per heavy atom. The highest BCUT2D eigenvalue weighted by Gasteiger charge is 2.21. The van der Waals surface area contributed by atoms with E-state index in [9.17, 15) is 14.4 Å². The first-order valence-corrected chi connectivity index (χ1v) is 11.4. The zero-order valence-electron chi connectivity index (χ0n) is 17.6. The average Bonchev–Trinajstić information content (AvgIpc) is 3.44. The average molecular weight is 498 g/mol. The number of hydrogen-bond donors (Lipinski definition) is 2. The molecule has 0 atom stereocenters. The Morgan fingerprint density at radius 1 is 1.24 bits per heavy atom. The van der Waals surface area contributed by atoms with Crippen LogP contribution in [0.3, 0.4) is 0 Å². The number of amides is 1. The summed E-state index contributed by atoms with van der Waals surface area (Å²) in [5.74, 6) is 0.206. The van der Waals surface area contributed by atoms with Crippen molar-refractivity contribution in [2.24, 2.45) is 0 Å². The number of fused-ring (bicyclic) bond motifs is 2. The molecule has 0 saturated carbocycles. The van der Waals surface area contributed by atoms with Crippen LogP contribution in [-0.2, 0) is 4.79 Å². The molecule has 1 aliphatic heterocycles. The maximum absolute atomic E-state index is 12.6. The molecule has 34 heavy (non-hydrogen) atoms. The van der Waals surface area contributed by atoms with Crippen LogP contribution in [-0.4, -0.2) is 44.0 Å². The van der Waals surface area contributed by atoms with Crippen LogP contribution in [0.1, 0.15) is 17.3 Å². The van der Waals surface area contributed by atoms with Crippen LogP contribution in [0.15, 0.2) is 52.5 Å². The van der Waals surface area contributed by atoms with Crippen molar-refractivity contribution in [1.82, 2.24) is 19.7 Å². The molecule has 0 bridgehead atoms. The zero-order chi connectivity index (χ0) is 23.8. The largest absolute Gasteiger partial charge is 0.454 e. The van der Waals surface area contributed by atoms with Gasteiger partial charge in [-0.2, -0.15) is 5.10 Å². The highest BCUT2D eigenvalue weighted by atomic mass is 35.5. The number of carbonyl (C=O) groups excluding carboxylic acids is 2. The molecular formula is C22H16ClN5O5S. The third-order valence-corrected chi connectivity index (χ3v) is 6.08. The van der Waals surface area contributed by atoms with Crippen LogP contribution >= 0.6 is 23.4 Å². The minimum Gasteiger partial charge on any atom is -0.454 e. The van der Waals surface area contributed by atoms with Gasteiger partial charge in [0.05, 0.1) is 23.3 Å². The minimum atomic E-state index is -0.391. The van der Waals surface area contributed by atoms with Gasteiger partial charge < -0.3 is 19.8 Å². The predicted molar refractivity (Wildman–Crippen MR) is 126 cm³/mol. The van der Waals surface area contributed by atoms with E-state index in [2.05, 4.69) is 20.4 Å². The molecule has 0 aliphatic carbocycles. The zero-order valence-corrected chi connectivity index (χ0v) is 19.2. The van der Waals surface area contributed by atoms with Crippen molar-refractivity contribution in [2.45, 2.75) is 12.1 Å². The summed E-state index contributed by atoms with van der Waals surface area (Å²) in [4.78, 5) is 44.3. The van der Waals surface area contributed by atoms with Crippen LogP contribution in [0.2, 0.25) is 5.02 Å². The minimum absolute atomic E-state index is 0.0488. The number of ketones is 1. The lowest BCUT2D eigenvalue weighted by molar-refractivity contribution is -0.113. The number of halogens is 1. The molecule has 1 amide bonds. The third-order valence-electron chi connectivity index (χ3n) is 4.98. The van der Waals surface area contributed by atoms with E-state index in [4.69, 9.17) is 21.1 Å². The Kier molecular flexibility index (Phi) is 5.72. The first-order chi connectivity index (χ1) is 16.4. The molecule has 3 heterocycles. The molecule has 12 heteroatoms. The fraction of sp³-hybridized carbons (Fsp3) is 0.136. The SMILES string of the molecule is CC(=O)c1cc2c(cc1NC(=O)CSc1nc3c(cnn3-c3cccc(Cl)c3)c(=O)[nH]1)OCO2. The number of aromatic amines is 1. The summed E-state index contributed by atoms with van der Waals surface area (Å²) in [6.07, 6.45) is 1.42. The first-order valence-electron chi connectivity index (χ1n) is 10.0. The number of nitrogens with one attached hydrogen (secondary N) is 2. The van der Waals surface area contributed by atoms with Crippen molar-refractivity contribution in [3.8, 4) is 17.2 Å². The lowest BCUT2D eigenvalue weighted by Gasteiger charge is -2.10. The van der Waals surface area contributed by atoms with E-state index in [1.54, 1.807) is 30.3 Å². The fourth-order valence-corrected chi connectivity index (χ4v) is 4.26. The van der Waals surface area contributed by atoms with Gasteiger partial charge in [-0.25, -0.2) is 9.67 Å². The highest BCUT2D eigenvalue weighted by molar-refractivity contribution is 7.99. The van der Waals surface area contributed by atoms with Crippen molar-refractivity contribution in [2.75, 3.05) is 17.9 Å². The van der Waals surface area contributed by atoms with Crippen molar-refractivity contribution in [1.29, 1.82) is 0 Å². The molecule has 0 unspecified atom stereocenters. The number of ether oxygens (including phenoxy) is 2. The maximum atomic E-state index is 12.6. The van der Waals surface area contributed by atoms with Crippen LogP contribution in [0.25, 0.3) is 16.7 Å². The van der Waals surface area contributed by atoms with Crippen LogP contribution in [0.4, 0.5) is 5.69 Å². The van der Waals surface area contributed by atoms with E-state index in [0.717, 1.165) is 11.8 Å². The Labute approximate surface area is 201 Å². The van der Waals surface area contributed by atoms with Gasteiger partial charge >= 0.3 is 0 Å². The second kappa shape index (κ2) is 8.84. The summed E-state index contributed by atoms with van der Waals surface area (Å²) in [5, 5.41) is 8.03. The molecule has 1 aliphatic rings. The number of aromatic nitrogens is 4. The van der Waals surface area contributed by atoms with Crippen molar-refractivity contribution < 1.29 is 19.1 Å². The lowest BCUT2D eigenvalue weighted by Crippen LogP contribution is -2.17. The van der Waals surface area contributed by atoms with E-state index < -0.39 is 5.91 Å². The van der Waals surface area contributed by atoms with E-state index in [-0.39, 0.29) is 29.0 Å². The van der Waals surface area contributed by atoms with Gasteiger partial charge in [-0.15, -0.1) is 0 Å². The monoisotopic (exact) mass is 497 g/mol. The number of Topliss-reactive ketones (excluding diaryl/α,β-unsaturated/α-hetero) is 1. The Hall–Kier alpha value is -3.83. The molecule has 2 aromatic carbocycles. The highest BCUT2D eigenvalue weighted by Crippen LogP contribution is 2.37. The smallest absolute Gasteiger partial charge is 0.262 e. The number of hydrogen-bond acceptors (Lipinski definition) is 8. The van der Waals surface area contributed by atoms with Gasteiger partial charge in [0, 0.05) is 16.7 Å². The number of nitrogens with zero attached hydrogens (tertiary/aromatic N) is 3. The van der Waals surface area contributed by atoms with Crippen LogP contribution in [0, 0.1) is 0 Å². The van der Waals surface area contributed by atoms with Gasteiger partial charge in [0.25, 0.3) is 5.56 Å². The van der Waals surface area contributed by atoms with Gasteiger partial charge in [-0.1, -0.05) is 29.4 Å². The van der Waals surface area contributed by atoms with Crippen molar-refractivity contribution >= 4 is 51.8 Å². The standard InChI is InChI=1S/C22H16ClN5O5S/c1-11(29)14-6-17-18(33-10-32-17)7-16(14)25-19(30)9-34-22-26-20-15(21(31)27-22)8-24-28(20)13-4-2-3-12(23)5-13/h2-8H,9-10H2,1H3,(H,25,30)(H,26,27,31). The molecular weight excluding hydrogens is 482 g/mol. The summed E-state index contributed by atoms with van der Waals surface area (Å²) in [6.45, 7) is 1.45. The predicted octanol–water partition coefficient (Wildman–Crippen LogP) is 3.42. The summed E-state index contributed by atoms with van der Waals surface area (Å²) in [6, 6.07) is 10.1. The molecule has 2 aromatic heterocycles. The molecule has 10 nitrogen and oxygen atoms in total. The summed E-state index contributed by atoms with van der Waals surface area (Å²) >= 11 is 7.11. The quantitative estimate of drug-likeness (QED) is 0.235. The molecule has 0 fully saturated rings. The summed E-state index contributed by atoms with van der Waals surface area (Å²) < 4.78 is 12.1. The van der Waals surface area contributed by atoms with Crippen LogP contribution in [0.5, 0.6) is 11.5 Å². The topological polar surface area (TPSA) is 128 Å². The second-order valence-corrected chi connectivity index (χ2v) is 8.69. The number of H-pyrrole nitrogens is 1. The van der Waals surface area contributed by atoms with Gasteiger partial charge in [-0.3, -0.25) is 14.4 Å². The lowest BCUT2D eigenvalue weighted by atomic mass is 10.1. The Morgan fingerprint density at radius 3 is 2.79 bits per heavy atom. The van der Waals surface area contributed by atoms with Gasteiger partial charge in [-0.05, 0) is 31.2 Å². The molecule has 2 N–H and O–H groups in total. The van der Waals surface area contributed by atoms with Gasteiger partial charge in [0.15, 0.2) is 28.1 Å². The van der Waals surface area contributed by atoms with Gasteiger partial charge in [0.1, 0.15) is 5.39 Å².